The Morgan fingerprint density at radius 2 is 1.81 bits per heavy atom. The van der Waals surface area contributed by atoms with Gasteiger partial charge in [0.05, 0.1) is 16.8 Å². The van der Waals surface area contributed by atoms with Gasteiger partial charge in [-0.1, -0.05) is 35.9 Å². The minimum absolute atomic E-state index is 0.0805. The summed E-state index contributed by atoms with van der Waals surface area (Å²) in [4.78, 5) is 24.6. The molecule has 4 heterocycles. The van der Waals surface area contributed by atoms with Crippen LogP contribution >= 0.6 is 11.6 Å². The molecule has 0 saturated carbocycles. The molecule has 1 atom stereocenters. The van der Waals surface area contributed by atoms with Crippen molar-refractivity contribution >= 4 is 23.2 Å². The summed E-state index contributed by atoms with van der Waals surface area (Å²) in [6, 6.07) is 12.3. The monoisotopic (exact) mass is 437 g/mol. The molecular weight excluding hydrogens is 410 g/mol. The molecule has 2 aromatic heterocycles. The third-order valence-corrected chi connectivity index (χ3v) is 6.82. The predicted molar refractivity (Wildman–Crippen MR) is 122 cm³/mol. The molecule has 31 heavy (non-hydrogen) atoms. The second kappa shape index (κ2) is 8.61. The highest BCUT2D eigenvalue weighted by atomic mass is 35.5. The fraction of sp³-hybridized carbons (Fsp3) is 0.417. The van der Waals surface area contributed by atoms with E-state index in [2.05, 4.69) is 46.0 Å². The van der Waals surface area contributed by atoms with Crippen LogP contribution in [0.4, 0.5) is 0 Å². The molecule has 0 bridgehead atoms. The smallest absolute Gasteiger partial charge is 0.239 e. The number of carbonyl (C=O) groups excluding carboxylic acids is 1. The van der Waals surface area contributed by atoms with Crippen molar-refractivity contribution in [1.82, 2.24) is 24.1 Å². The van der Waals surface area contributed by atoms with Gasteiger partial charge in [0.2, 0.25) is 5.91 Å². The van der Waals surface area contributed by atoms with Crippen molar-refractivity contribution in [2.45, 2.75) is 32.5 Å². The number of pyridine rings is 1. The second-order valence-corrected chi connectivity index (χ2v) is 9.05. The van der Waals surface area contributed by atoms with Crippen LogP contribution in [0.1, 0.15) is 23.7 Å². The van der Waals surface area contributed by atoms with Crippen molar-refractivity contribution in [1.29, 1.82) is 0 Å². The van der Waals surface area contributed by atoms with E-state index in [1.807, 2.05) is 33.8 Å². The lowest BCUT2D eigenvalue weighted by atomic mass is 9.98. The van der Waals surface area contributed by atoms with E-state index >= 15 is 0 Å². The maximum absolute atomic E-state index is 13.2. The summed E-state index contributed by atoms with van der Waals surface area (Å²) >= 11 is 6.07. The standard InChI is InChI=1S/C24H28ClN5O/c1-18(29-9-8-19-4-2-3-5-20(19)14-29)24(31)28-12-10-27(11-13-28)16-22-17-30-15-21(25)6-7-23(30)26-22/h2-7,15,17-18H,8-14,16H2,1H3. The van der Waals surface area contributed by atoms with Gasteiger partial charge in [-0.05, 0) is 36.6 Å². The molecule has 6 nitrogen and oxygen atoms in total. The van der Waals surface area contributed by atoms with Crippen LogP contribution in [-0.2, 0) is 24.3 Å². The van der Waals surface area contributed by atoms with Crippen molar-refractivity contribution in [3.8, 4) is 0 Å². The Morgan fingerprint density at radius 3 is 2.61 bits per heavy atom. The number of hydrogen-bond acceptors (Lipinski definition) is 4. The van der Waals surface area contributed by atoms with Crippen molar-refractivity contribution < 1.29 is 4.79 Å². The Morgan fingerprint density at radius 1 is 1.03 bits per heavy atom. The molecule has 0 N–H and O–H groups in total. The molecule has 2 aliphatic heterocycles. The summed E-state index contributed by atoms with van der Waals surface area (Å²) in [6.07, 6.45) is 4.94. The maximum atomic E-state index is 13.2. The zero-order chi connectivity index (χ0) is 21.4. The number of aromatic nitrogens is 2. The van der Waals surface area contributed by atoms with Crippen LogP contribution in [0.15, 0.2) is 48.8 Å². The summed E-state index contributed by atoms with van der Waals surface area (Å²) < 4.78 is 1.97. The third kappa shape index (κ3) is 4.33. The SMILES string of the molecule is CC(C(=O)N1CCN(Cc2cn3cc(Cl)ccc3n2)CC1)N1CCc2ccccc2C1. The van der Waals surface area contributed by atoms with Crippen LogP contribution in [0.25, 0.3) is 5.65 Å². The molecule has 1 aromatic carbocycles. The highest BCUT2D eigenvalue weighted by Crippen LogP contribution is 2.21. The van der Waals surface area contributed by atoms with Gasteiger partial charge in [0.1, 0.15) is 5.65 Å². The van der Waals surface area contributed by atoms with Gasteiger partial charge in [0.15, 0.2) is 0 Å². The minimum atomic E-state index is -0.0805. The van der Waals surface area contributed by atoms with E-state index in [0.29, 0.717) is 5.02 Å². The van der Waals surface area contributed by atoms with Crippen molar-refractivity contribution in [3.63, 3.8) is 0 Å². The highest BCUT2D eigenvalue weighted by Gasteiger charge is 2.30. The van der Waals surface area contributed by atoms with Gasteiger partial charge in [-0.2, -0.15) is 0 Å². The van der Waals surface area contributed by atoms with Gasteiger partial charge in [0, 0.05) is 58.2 Å². The molecule has 1 saturated heterocycles. The number of rotatable bonds is 4. The van der Waals surface area contributed by atoms with Crippen LogP contribution < -0.4 is 0 Å². The van der Waals surface area contributed by atoms with E-state index in [0.717, 1.165) is 63.6 Å². The Labute approximate surface area is 188 Å². The van der Waals surface area contributed by atoms with E-state index in [-0.39, 0.29) is 11.9 Å². The first-order valence-corrected chi connectivity index (χ1v) is 11.4. The molecule has 0 spiro atoms. The molecule has 7 heteroatoms. The van der Waals surface area contributed by atoms with Gasteiger partial charge in [-0.15, -0.1) is 0 Å². The van der Waals surface area contributed by atoms with Crippen LogP contribution in [0.5, 0.6) is 0 Å². The molecule has 0 radical (unpaired) electrons. The zero-order valence-electron chi connectivity index (χ0n) is 17.9. The Kier molecular flexibility index (Phi) is 5.69. The molecule has 1 amide bonds. The van der Waals surface area contributed by atoms with Crippen molar-refractivity contribution in [3.05, 3.63) is 70.6 Å². The van der Waals surface area contributed by atoms with Gasteiger partial charge >= 0.3 is 0 Å². The topological polar surface area (TPSA) is 44.1 Å². The average molecular weight is 438 g/mol. The number of hydrogen-bond donors (Lipinski definition) is 0. The molecule has 2 aliphatic rings. The van der Waals surface area contributed by atoms with Crippen LogP contribution in [-0.4, -0.2) is 68.8 Å². The van der Waals surface area contributed by atoms with Crippen molar-refractivity contribution in [2.75, 3.05) is 32.7 Å². The summed E-state index contributed by atoms with van der Waals surface area (Å²) in [6.45, 7) is 7.94. The molecule has 0 aliphatic carbocycles. The number of nitrogens with zero attached hydrogens (tertiary/aromatic N) is 5. The van der Waals surface area contributed by atoms with E-state index < -0.39 is 0 Å². The largest absolute Gasteiger partial charge is 0.339 e. The lowest BCUT2D eigenvalue weighted by molar-refractivity contribution is -0.138. The zero-order valence-corrected chi connectivity index (χ0v) is 18.6. The molecule has 1 unspecified atom stereocenters. The Hall–Kier alpha value is -2.41. The second-order valence-electron chi connectivity index (χ2n) is 8.61. The van der Waals surface area contributed by atoms with Crippen molar-refractivity contribution in [2.24, 2.45) is 0 Å². The number of carbonyl (C=O) groups is 1. The van der Waals surface area contributed by atoms with Gasteiger partial charge in [0.25, 0.3) is 0 Å². The third-order valence-electron chi connectivity index (χ3n) is 6.60. The predicted octanol–water partition coefficient (Wildman–Crippen LogP) is 3.08. The first kappa shape index (κ1) is 20.5. The number of piperazine rings is 1. The van der Waals surface area contributed by atoms with Crippen LogP contribution in [0.3, 0.4) is 0 Å². The molecule has 5 rings (SSSR count). The van der Waals surface area contributed by atoms with Gasteiger partial charge in [-0.25, -0.2) is 4.98 Å². The van der Waals surface area contributed by atoms with E-state index in [4.69, 9.17) is 11.6 Å². The lowest BCUT2D eigenvalue weighted by Gasteiger charge is -2.39. The molecule has 162 valence electrons. The normalized spacial score (nSPS) is 18.8. The van der Waals surface area contributed by atoms with E-state index in [1.54, 1.807) is 0 Å². The number of imidazole rings is 1. The lowest BCUT2D eigenvalue weighted by Crippen LogP contribution is -2.54. The van der Waals surface area contributed by atoms with E-state index in [9.17, 15) is 4.79 Å². The first-order valence-electron chi connectivity index (χ1n) is 11.0. The quantitative estimate of drug-likeness (QED) is 0.629. The number of halogens is 1. The van der Waals surface area contributed by atoms with Gasteiger partial charge in [-0.3, -0.25) is 14.6 Å². The summed E-state index contributed by atoms with van der Waals surface area (Å²) in [5.41, 5.74) is 4.71. The van der Waals surface area contributed by atoms with Gasteiger partial charge < -0.3 is 9.30 Å². The fourth-order valence-corrected chi connectivity index (χ4v) is 4.89. The van der Waals surface area contributed by atoms with Crippen LogP contribution in [0.2, 0.25) is 5.02 Å². The summed E-state index contributed by atoms with van der Waals surface area (Å²) in [7, 11) is 0. The number of amides is 1. The fourth-order valence-electron chi connectivity index (χ4n) is 4.72. The Bertz CT molecular complexity index is 1090. The Balaban J connectivity index is 1.16. The average Bonchev–Trinajstić information content (AvgIpc) is 3.19. The van der Waals surface area contributed by atoms with E-state index in [1.165, 1.54) is 11.1 Å². The highest BCUT2D eigenvalue weighted by molar-refractivity contribution is 6.30. The molecule has 3 aromatic rings. The number of fused-ring (bicyclic) bond motifs is 2. The maximum Gasteiger partial charge on any atom is 0.239 e. The first-order chi connectivity index (χ1) is 15.1. The van der Waals surface area contributed by atoms with Crippen LogP contribution in [0, 0.1) is 0 Å². The molecular formula is C24H28ClN5O. The number of benzene rings is 1. The summed E-state index contributed by atoms with van der Waals surface area (Å²) in [5.74, 6) is 0.251. The summed E-state index contributed by atoms with van der Waals surface area (Å²) in [5, 5.41) is 0.704. The minimum Gasteiger partial charge on any atom is -0.339 e. The molecule has 1 fully saturated rings.